The van der Waals surface area contributed by atoms with E-state index in [1.165, 1.54) is 0 Å². The minimum Gasteiger partial charge on any atom is -0.490 e. The van der Waals surface area contributed by atoms with Gasteiger partial charge in [0.2, 0.25) is 11.8 Å². The molecule has 3 fully saturated rings. The molecule has 4 aromatic rings. The second-order valence-electron chi connectivity index (χ2n) is 14.7. The van der Waals surface area contributed by atoms with Crippen molar-refractivity contribution in [3.8, 4) is 17.2 Å². The molecule has 4 aliphatic rings. The molecule has 12 nitrogen and oxygen atoms in total. The molecule has 4 heterocycles. The predicted octanol–water partition coefficient (Wildman–Crippen LogP) is 5.17. The molecule has 1 saturated carbocycles. The molecule has 0 radical (unpaired) electrons. The number of anilines is 1. The Balaban J connectivity index is 0.816. The molecule has 2 N–H and O–H groups in total. The van der Waals surface area contributed by atoms with E-state index in [4.69, 9.17) is 9.47 Å². The number of likely N-dealkylation sites (tertiary alicyclic amines) is 1. The highest BCUT2D eigenvalue weighted by atomic mass is 19.1. The fraction of sp³-hybridized carbons (Fsp3) is 0.350. The number of aromatic nitrogens is 2. The molecule has 13 heteroatoms. The normalized spacial score (nSPS) is 21.8. The van der Waals surface area contributed by atoms with Crippen LogP contribution in [-0.2, 0) is 21.5 Å². The molecule has 2 saturated heterocycles. The molecule has 1 aliphatic carbocycles. The summed E-state index contributed by atoms with van der Waals surface area (Å²) in [6.45, 7) is 5.73. The van der Waals surface area contributed by atoms with E-state index < -0.39 is 35.8 Å². The third-order valence-electron chi connectivity index (χ3n) is 10.6. The number of nitrogens with one attached hydrogen (secondary N) is 2. The summed E-state index contributed by atoms with van der Waals surface area (Å²) in [5.74, 6) is 0.565. The third kappa shape index (κ3) is 6.96. The van der Waals surface area contributed by atoms with Crippen LogP contribution in [0.3, 0.4) is 0 Å². The summed E-state index contributed by atoms with van der Waals surface area (Å²) in [6, 6.07) is 20.3. The number of imide groups is 2. The predicted molar refractivity (Wildman–Crippen MR) is 191 cm³/mol. The van der Waals surface area contributed by atoms with E-state index in [1.807, 2.05) is 29.2 Å². The van der Waals surface area contributed by atoms with Crippen LogP contribution in [-0.4, -0.2) is 80.8 Å². The van der Waals surface area contributed by atoms with Crippen molar-refractivity contribution in [3.63, 3.8) is 0 Å². The molecule has 3 aliphatic heterocycles. The molecule has 0 spiro atoms. The quantitative estimate of drug-likeness (QED) is 0.200. The second-order valence-corrected chi connectivity index (χ2v) is 14.7. The highest BCUT2D eigenvalue weighted by Crippen LogP contribution is 2.36. The van der Waals surface area contributed by atoms with Crippen LogP contribution >= 0.6 is 0 Å². The fourth-order valence-electron chi connectivity index (χ4n) is 7.27. The van der Waals surface area contributed by atoms with Gasteiger partial charge in [-0.1, -0.05) is 38.1 Å². The van der Waals surface area contributed by atoms with Crippen molar-refractivity contribution in [3.05, 3.63) is 107 Å². The van der Waals surface area contributed by atoms with Crippen LogP contribution < -0.4 is 20.1 Å². The van der Waals surface area contributed by atoms with Gasteiger partial charge in [0, 0.05) is 49.5 Å². The number of ether oxygens (including phenoxy) is 2. The van der Waals surface area contributed by atoms with E-state index in [2.05, 4.69) is 58.7 Å². The first-order valence-electron chi connectivity index (χ1n) is 17.9. The van der Waals surface area contributed by atoms with Gasteiger partial charge in [-0.15, -0.1) is 0 Å². The minimum absolute atomic E-state index is 0.0332. The number of hydrogen-bond donors (Lipinski definition) is 2. The first-order valence-corrected chi connectivity index (χ1v) is 17.9. The molecular weight excluding hydrogens is 679 g/mol. The van der Waals surface area contributed by atoms with Crippen molar-refractivity contribution < 1.29 is 33.0 Å². The van der Waals surface area contributed by atoms with Crippen LogP contribution in [0.4, 0.5) is 10.1 Å². The lowest BCUT2D eigenvalue weighted by molar-refractivity contribution is -0.136. The molecule has 3 aromatic carbocycles. The number of amides is 4. The van der Waals surface area contributed by atoms with Gasteiger partial charge in [0.25, 0.3) is 11.8 Å². The SMILES string of the molecule is CC(C)(c1ccc(Oc2cnc(CN3CC(F)C3)nc2)cc1)c1ccc(O[C@H]2C[C@H](Nc3ccc4c(c3)C(=O)N(C3CCC(=O)NC3=O)C4=O)C2)cc1. The zero-order chi connectivity index (χ0) is 36.9. The molecule has 1 aromatic heterocycles. The van der Waals surface area contributed by atoms with Gasteiger partial charge < -0.3 is 14.8 Å². The maximum atomic E-state index is 13.2. The van der Waals surface area contributed by atoms with Crippen LogP contribution in [0.5, 0.6) is 17.2 Å². The van der Waals surface area contributed by atoms with Crippen molar-refractivity contribution >= 4 is 29.3 Å². The Morgan fingerprint density at radius 1 is 0.849 bits per heavy atom. The molecule has 4 amide bonds. The maximum Gasteiger partial charge on any atom is 0.262 e. The van der Waals surface area contributed by atoms with Gasteiger partial charge in [-0.2, -0.15) is 0 Å². The molecule has 53 heavy (non-hydrogen) atoms. The van der Waals surface area contributed by atoms with Gasteiger partial charge in [-0.3, -0.25) is 34.3 Å². The summed E-state index contributed by atoms with van der Waals surface area (Å²) >= 11 is 0. The van der Waals surface area contributed by atoms with Crippen molar-refractivity contribution in [1.82, 2.24) is 25.1 Å². The van der Waals surface area contributed by atoms with Gasteiger partial charge >= 0.3 is 0 Å². The van der Waals surface area contributed by atoms with Gasteiger partial charge in [-0.05, 0) is 60.0 Å². The van der Waals surface area contributed by atoms with Crippen LogP contribution in [0.1, 0.15) is 77.2 Å². The lowest BCUT2D eigenvalue weighted by Gasteiger charge is -2.36. The number of alkyl halides is 1. The topological polar surface area (TPSA) is 143 Å². The molecule has 1 unspecified atom stereocenters. The zero-order valence-corrected chi connectivity index (χ0v) is 29.4. The summed E-state index contributed by atoms with van der Waals surface area (Å²) in [5, 5.41) is 5.65. The first-order chi connectivity index (χ1) is 25.5. The number of hydrogen-bond acceptors (Lipinski definition) is 10. The molecule has 8 rings (SSSR count). The van der Waals surface area contributed by atoms with Gasteiger partial charge in [0.05, 0.1) is 30.1 Å². The van der Waals surface area contributed by atoms with E-state index in [9.17, 15) is 23.6 Å². The number of carbonyl (C=O) groups excluding carboxylic acids is 4. The van der Waals surface area contributed by atoms with Gasteiger partial charge in [0.15, 0.2) is 5.75 Å². The van der Waals surface area contributed by atoms with E-state index in [-0.39, 0.29) is 41.5 Å². The van der Waals surface area contributed by atoms with E-state index in [1.54, 1.807) is 30.6 Å². The lowest BCUT2D eigenvalue weighted by Crippen LogP contribution is -2.54. The zero-order valence-electron chi connectivity index (χ0n) is 29.4. The Kier molecular flexibility index (Phi) is 8.89. The van der Waals surface area contributed by atoms with Crippen molar-refractivity contribution in [2.24, 2.45) is 0 Å². The Morgan fingerprint density at radius 2 is 1.49 bits per heavy atom. The van der Waals surface area contributed by atoms with E-state index in [0.29, 0.717) is 42.6 Å². The van der Waals surface area contributed by atoms with Gasteiger partial charge in [-0.25, -0.2) is 14.4 Å². The van der Waals surface area contributed by atoms with Gasteiger partial charge in [0.1, 0.15) is 35.6 Å². The highest BCUT2D eigenvalue weighted by molar-refractivity contribution is 6.23. The smallest absolute Gasteiger partial charge is 0.262 e. The number of rotatable bonds is 11. The second kappa shape index (κ2) is 13.7. The summed E-state index contributed by atoms with van der Waals surface area (Å²) in [4.78, 5) is 61.7. The number of carbonyl (C=O) groups is 4. The molecule has 272 valence electrons. The average molecular weight is 719 g/mol. The Bertz CT molecular complexity index is 2060. The summed E-state index contributed by atoms with van der Waals surface area (Å²) < 4.78 is 25.3. The Labute approximate surface area is 305 Å². The maximum absolute atomic E-state index is 13.2. The molecular formula is C40H39FN6O6. The van der Waals surface area contributed by atoms with E-state index in [0.717, 1.165) is 34.6 Å². The average Bonchev–Trinajstić information content (AvgIpc) is 3.36. The largest absolute Gasteiger partial charge is 0.490 e. The molecule has 0 bridgehead atoms. The van der Waals surface area contributed by atoms with Crippen LogP contribution in [0.25, 0.3) is 0 Å². The number of halogens is 1. The lowest BCUT2D eigenvalue weighted by atomic mass is 9.78. The summed E-state index contributed by atoms with van der Waals surface area (Å²) in [5.41, 5.74) is 3.20. The number of nitrogens with zero attached hydrogens (tertiary/aromatic N) is 4. The minimum atomic E-state index is -0.991. The summed E-state index contributed by atoms with van der Waals surface area (Å²) in [6.07, 6.45) is 4.29. The molecule has 1 atom stereocenters. The van der Waals surface area contributed by atoms with Crippen LogP contribution in [0.2, 0.25) is 0 Å². The third-order valence-corrected chi connectivity index (χ3v) is 10.6. The van der Waals surface area contributed by atoms with Crippen molar-refractivity contribution in [2.45, 2.75) is 75.8 Å². The first kappa shape index (κ1) is 34.4. The Morgan fingerprint density at radius 3 is 2.13 bits per heavy atom. The van der Waals surface area contributed by atoms with Crippen molar-refractivity contribution in [1.29, 1.82) is 0 Å². The van der Waals surface area contributed by atoms with Crippen LogP contribution in [0, 0.1) is 0 Å². The standard InChI is InChI=1S/C40H39FN6O6/c1-40(2,24-5-10-29(11-6-24)53-31-18-42-35(43-19-31)22-46-20-25(41)21-46)23-3-8-28(9-4-23)52-30-15-27(16-30)44-26-7-12-32-33(17-26)39(51)47(38(32)50)34-13-14-36(48)45-37(34)49/h3-12,17-19,25,27,30,34,44H,13-16,20-22H2,1-2H3,(H,45,48,49)/t27-,30-,34?. The fourth-order valence-corrected chi connectivity index (χ4v) is 7.27. The Hall–Kier alpha value is -5.69. The number of benzene rings is 3. The highest BCUT2D eigenvalue weighted by Gasteiger charge is 2.45. The number of fused-ring (bicyclic) bond motifs is 1. The van der Waals surface area contributed by atoms with Crippen LogP contribution in [0.15, 0.2) is 79.1 Å². The monoisotopic (exact) mass is 718 g/mol. The van der Waals surface area contributed by atoms with E-state index >= 15 is 0 Å². The number of piperidine rings is 1. The van der Waals surface area contributed by atoms with Crippen molar-refractivity contribution in [2.75, 3.05) is 18.4 Å². The summed E-state index contributed by atoms with van der Waals surface area (Å²) in [7, 11) is 0.